The zero-order valence-electron chi connectivity index (χ0n) is 16.8. The number of ether oxygens (including phenoxy) is 1. The van der Waals surface area contributed by atoms with E-state index in [1.165, 1.54) is 5.56 Å². The lowest BCUT2D eigenvalue weighted by Gasteiger charge is -2.29. The lowest BCUT2D eigenvalue weighted by molar-refractivity contribution is 0.123. The molecule has 0 atom stereocenters. The van der Waals surface area contributed by atoms with Crippen molar-refractivity contribution in [2.24, 2.45) is 7.05 Å². The second kappa shape index (κ2) is 7.08. The van der Waals surface area contributed by atoms with Crippen LogP contribution in [0.15, 0.2) is 36.7 Å². The first-order valence-electron chi connectivity index (χ1n) is 10.0. The topological polar surface area (TPSA) is 68.3 Å². The third kappa shape index (κ3) is 3.11. The van der Waals surface area contributed by atoms with E-state index in [4.69, 9.17) is 9.72 Å². The van der Waals surface area contributed by atoms with Gasteiger partial charge in [-0.2, -0.15) is 0 Å². The summed E-state index contributed by atoms with van der Waals surface area (Å²) in [5.41, 5.74) is 5.18. The van der Waals surface area contributed by atoms with Crippen LogP contribution in [-0.2, 0) is 24.8 Å². The molecule has 0 bridgehead atoms. The largest absolute Gasteiger partial charge is 0.494 e. The van der Waals surface area contributed by atoms with Crippen LogP contribution in [0, 0.1) is 6.92 Å². The van der Waals surface area contributed by atoms with Gasteiger partial charge in [-0.15, -0.1) is 0 Å². The first kappa shape index (κ1) is 18.0. The van der Waals surface area contributed by atoms with E-state index < -0.39 is 0 Å². The number of fused-ring (bicyclic) bond motifs is 2. The number of rotatable bonds is 4. The minimum absolute atomic E-state index is 0.268. The summed E-state index contributed by atoms with van der Waals surface area (Å²) in [6, 6.07) is 8.31. The van der Waals surface area contributed by atoms with Gasteiger partial charge in [0.05, 0.1) is 40.8 Å². The maximum Gasteiger partial charge on any atom is 0.202 e. The van der Waals surface area contributed by atoms with Crippen molar-refractivity contribution in [3.63, 3.8) is 0 Å². The lowest BCUT2D eigenvalue weighted by Crippen LogP contribution is -2.36. The summed E-state index contributed by atoms with van der Waals surface area (Å²) in [6.45, 7) is 5.78. The molecule has 7 heteroatoms. The van der Waals surface area contributed by atoms with Crippen LogP contribution in [-0.4, -0.2) is 50.5 Å². The molecule has 1 aliphatic rings. The van der Waals surface area contributed by atoms with Crippen molar-refractivity contribution in [3.8, 4) is 5.88 Å². The fraction of sp³-hybridized carbons (Fsp3) is 0.364. The minimum Gasteiger partial charge on any atom is -0.494 e. The Balaban J connectivity index is 1.45. The molecule has 7 nitrogen and oxygen atoms in total. The number of pyridine rings is 1. The molecule has 0 unspecified atom stereocenters. The van der Waals surface area contributed by atoms with Gasteiger partial charge in [0.2, 0.25) is 5.88 Å². The standard InChI is InChI=1S/C22H25N5O2/c1-15-3-4-18-16(13-15)24-20(25(18)2)6-8-27-14-17-21(22(27)28)19(5-7-23-17)26-9-11-29-12-10-26/h3-5,7,13-14,28H,6,8-12H2,1-2H3. The molecule has 0 saturated carbocycles. The maximum absolute atomic E-state index is 11.0. The van der Waals surface area contributed by atoms with Gasteiger partial charge < -0.3 is 23.9 Å². The van der Waals surface area contributed by atoms with Gasteiger partial charge in [0.25, 0.3) is 0 Å². The van der Waals surface area contributed by atoms with Crippen LogP contribution in [0.1, 0.15) is 11.4 Å². The molecular weight excluding hydrogens is 366 g/mol. The Morgan fingerprint density at radius 2 is 1.97 bits per heavy atom. The van der Waals surface area contributed by atoms with Crippen molar-refractivity contribution in [2.75, 3.05) is 31.2 Å². The summed E-state index contributed by atoms with van der Waals surface area (Å²) in [4.78, 5) is 11.5. The first-order valence-corrected chi connectivity index (χ1v) is 10.0. The number of aromatic hydroxyl groups is 1. The molecular formula is C22H25N5O2. The van der Waals surface area contributed by atoms with Gasteiger partial charge in [0.1, 0.15) is 5.82 Å². The van der Waals surface area contributed by atoms with Crippen molar-refractivity contribution in [2.45, 2.75) is 19.9 Å². The second-order valence-corrected chi connectivity index (χ2v) is 7.67. The molecule has 150 valence electrons. The molecule has 29 heavy (non-hydrogen) atoms. The Kier molecular flexibility index (Phi) is 4.39. The molecule has 0 amide bonds. The summed E-state index contributed by atoms with van der Waals surface area (Å²) < 4.78 is 9.48. The molecule has 1 N–H and O–H groups in total. The van der Waals surface area contributed by atoms with Crippen LogP contribution in [0.5, 0.6) is 5.88 Å². The number of hydrogen-bond donors (Lipinski definition) is 1. The van der Waals surface area contributed by atoms with Gasteiger partial charge >= 0.3 is 0 Å². The smallest absolute Gasteiger partial charge is 0.202 e. The number of aryl methyl sites for hydroxylation is 4. The Bertz CT molecular complexity index is 1190. The molecule has 1 fully saturated rings. The molecule has 0 spiro atoms. The quantitative estimate of drug-likeness (QED) is 0.579. The van der Waals surface area contributed by atoms with Crippen molar-refractivity contribution < 1.29 is 9.84 Å². The van der Waals surface area contributed by atoms with E-state index in [0.717, 1.165) is 53.0 Å². The first-order chi connectivity index (χ1) is 14.1. The van der Waals surface area contributed by atoms with Crippen molar-refractivity contribution in [3.05, 3.63) is 48.0 Å². The Morgan fingerprint density at radius 3 is 2.79 bits per heavy atom. The second-order valence-electron chi connectivity index (χ2n) is 7.67. The average molecular weight is 391 g/mol. The minimum atomic E-state index is 0.268. The van der Waals surface area contributed by atoms with Gasteiger partial charge in [0, 0.05) is 45.5 Å². The van der Waals surface area contributed by atoms with E-state index in [1.54, 1.807) is 0 Å². The highest BCUT2D eigenvalue weighted by Crippen LogP contribution is 2.35. The van der Waals surface area contributed by atoms with Crippen LogP contribution in [0.2, 0.25) is 0 Å². The summed E-state index contributed by atoms with van der Waals surface area (Å²) in [6.07, 6.45) is 4.47. The fourth-order valence-corrected chi connectivity index (χ4v) is 4.19. The SMILES string of the molecule is Cc1ccc2c(c1)nc(CCn1cc3nccc(N4CCOCC4)c3c1O)n2C. The molecule has 0 radical (unpaired) electrons. The molecule has 3 aromatic heterocycles. The van der Waals surface area contributed by atoms with Gasteiger partial charge in [-0.1, -0.05) is 6.07 Å². The predicted molar refractivity (Wildman–Crippen MR) is 114 cm³/mol. The summed E-state index contributed by atoms with van der Waals surface area (Å²) >= 11 is 0. The van der Waals surface area contributed by atoms with Crippen molar-refractivity contribution in [1.29, 1.82) is 0 Å². The molecule has 1 aromatic carbocycles. The van der Waals surface area contributed by atoms with Crippen LogP contribution in [0.4, 0.5) is 5.69 Å². The van der Waals surface area contributed by atoms with E-state index in [2.05, 4.69) is 39.6 Å². The summed E-state index contributed by atoms with van der Waals surface area (Å²) in [5, 5.41) is 11.8. The molecule has 1 saturated heterocycles. The Hall–Kier alpha value is -3.06. The van der Waals surface area contributed by atoms with Gasteiger partial charge in [-0.25, -0.2) is 4.98 Å². The highest BCUT2D eigenvalue weighted by molar-refractivity contribution is 5.96. The highest BCUT2D eigenvalue weighted by Gasteiger charge is 2.19. The van der Waals surface area contributed by atoms with Crippen LogP contribution in [0.25, 0.3) is 21.9 Å². The predicted octanol–water partition coefficient (Wildman–Crippen LogP) is 3.02. The van der Waals surface area contributed by atoms with Crippen molar-refractivity contribution >= 4 is 27.6 Å². The third-order valence-electron chi connectivity index (χ3n) is 5.79. The Morgan fingerprint density at radius 1 is 1.14 bits per heavy atom. The molecule has 0 aliphatic carbocycles. The number of morpholine rings is 1. The zero-order chi connectivity index (χ0) is 20.0. The van der Waals surface area contributed by atoms with E-state index in [0.29, 0.717) is 19.8 Å². The molecule has 4 heterocycles. The highest BCUT2D eigenvalue weighted by atomic mass is 16.5. The number of imidazole rings is 1. The lowest BCUT2D eigenvalue weighted by atomic mass is 10.2. The van der Waals surface area contributed by atoms with E-state index in [1.807, 2.05) is 30.1 Å². The number of anilines is 1. The van der Waals surface area contributed by atoms with E-state index >= 15 is 0 Å². The Labute approximate surface area is 169 Å². The van der Waals surface area contributed by atoms with Gasteiger partial charge in [0.15, 0.2) is 0 Å². The third-order valence-corrected chi connectivity index (χ3v) is 5.79. The van der Waals surface area contributed by atoms with Gasteiger partial charge in [-0.3, -0.25) is 4.98 Å². The average Bonchev–Trinajstić information content (AvgIpc) is 3.23. The fourth-order valence-electron chi connectivity index (χ4n) is 4.19. The normalized spacial score (nSPS) is 14.9. The van der Waals surface area contributed by atoms with Crippen LogP contribution in [0.3, 0.4) is 0 Å². The zero-order valence-corrected chi connectivity index (χ0v) is 16.8. The summed E-state index contributed by atoms with van der Waals surface area (Å²) in [5.74, 6) is 1.27. The molecule has 5 rings (SSSR count). The number of hydrogen-bond acceptors (Lipinski definition) is 5. The van der Waals surface area contributed by atoms with E-state index in [9.17, 15) is 5.11 Å². The van der Waals surface area contributed by atoms with E-state index in [-0.39, 0.29) is 5.88 Å². The molecule has 4 aromatic rings. The van der Waals surface area contributed by atoms with Crippen LogP contribution < -0.4 is 4.90 Å². The number of aromatic nitrogens is 4. The monoisotopic (exact) mass is 391 g/mol. The van der Waals surface area contributed by atoms with Gasteiger partial charge in [-0.05, 0) is 30.7 Å². The maximum atomic E-state index is 11.0. The van der Waals surface area contributed by atoms with Crippen molar-refractivity contribution in [1.82, 2.24) is 19.1 Å². The van der Waals surface area contributed by atoms with Crippen LogP contribution >= 0.6 is 0 Å². The molecule has 1 aliphatic heterocycles. The number of nitrogens with zero attached hydrogens (tertiary/aromatic N) is 5. The summed E-state index contributed by atoms with van der Waals surface area (Å²) in [7, 11) is 2.05. The number of benzene rings is 1.